The van der Waals surface area contributed by atoms with Gasteiger partial charge in [0.25, 0.3) is 0 Å². The molecule has 0 aliphatic heterocycles. The normalized spacial score (nSPS) is 11.0. The quantitative estimate of drug-likeness (QED) is 0.788. The Morgan fingerprint density at radius 2 is 2.06 bits per heavy atom. The molecule has 1 aromatic rings. The van der Waals surface area contributed by atoms with Gasteiger partial charge in [0.15, 0.2) is 0 Å². The highest BCUT2D eigenvalue weighted by atomic mass is 16.4. The third-order valence-electron chi connectivity index (χ3n) is 2.09. The summed E-state index contributed by atoms with van der Waals surface area (Å²) in [6, 6.07) is 1.70. The highest BCUT2D eigenvalue weighted by Gasteiger charge is 2.27. The summed E-state index contributed by atoms with van der Waals surface area (Å²) in [6.45, 7) is 3.15. The lowest BCUT2D eigenvalue weighted by Gasteiger charge is -2.22. The van der Waals surface area contributed by atoms with Gasteiger partial charge in [0, 0.05) is 20.2 Å². The molecule has 2 N–H and O–H groups in total. The van der Waals surface area contributed by atoms with Gasteiger partial charge in [-0.25, -0.2) is 14.8 Å². The van der Waals surface area contributed by atoms with E-state index in [1.807, 2.05) is 19.0 Å². The molecule has 0 bridgehead atoms. The van der Waals surface area contributed by atoms with Crippen LogP contribution in [0.1, 0.15) is 13.8 Å². The minimum Gasteiger partial charge on any atom is -0.480 e. The fourth-order valence-corrected chi connectivity index (χ4v) is 1.03. The number of carboxylic acid groups (broad SMARTS) is 1. The molecule has 0 spiro atoms. The molecule has 0 radical (unpaired) electrons. The van der Waals surface area contributed by atoms with Crippen LogP contribution in [0, 0.1) is 0 Å². The number of aromatic nitrogens is 2. The largest absolute Gasteiger partial charge is 0.480 e. The first kappa shape index (κ1) is 12.2. The maximum absolute atomic E-state index is 10.9. The van der Waals surface area contributed by atoms with Crippen LogP contribution in [0.2, 0.25) is 0 Å². The van der Waals surface area contributed by atoms with Gasteiger partial charge in [-0.2, -0.15) is 0 Å². The van der Waals surface area contributed by atoms with Gasteiger partial charge in [0.05, 0.1) is 0 Å². The smallest absolute Gasteiger partial charge is 0.328 e. The molecule has 6 heteroatoms. The molecule has 0 saturated carbocycles. The number of carboxylic acids is 1. The summed E-state index contributed by atoms with van der Waals surface area (Å²) in [4.78, 5) is 20.8. The van der Waals surface area contributed by atoms with Gasteiger partial charge in [-0.1, -0.05) is 0 Å². The van der Waals surface area contributed by atoms with Crippen molar-refractivity contribution in [2.24, 2.45) is 0 Å². The summed E-state index contributed by atoms with van der Waals surface area (Å²) >= 11 is 0. The van der Waals surface area contributed by atoms with Crippen molar-refractivity contribution in [2.45, 2.75) is 19.4 Å². The first-order chi connectivity index (χ1) is 7.33. The van der Waals surface area contributed by atoms with Crippen LogP contribution in [0.4, 0.5) is 11.6 Å². The Morgan fingerprint density at radius 1 is 1.44 bits per heavy atom. The van der Waals surface area contributed by atoms with E-state index in [1.165, 1.54) is 6.33 Å². The first-order valence-corrected chi connectivity index (χ1v) is 4.84. The second-order valence-electron chi connectivity index (χ2n) is 4.21. The molecule has 88 valence electrons. The highest BCUT2D eigenvalue weighted by Crippen LogP contribution is 2.16. The monoisotopic (exact) mass is 224 g/mol. The number of hydrogen-bond donors (Lipinski definition) is 2. The van der Waals surface area contributed by atoms with E-state index in [9.17, 15) is 4.79 Å². The van der Waals surface area contributed by atoms with E-state index >= 15 is 0 Å². The average molecular weight is 224 g/mol. The maximum atomic E-state index is 10.9. The minimum absolute atomic E-state index is 0.492. The highest BCUT2D eigenvalue weighted by molar-refractivity contribution is 5.81. The second kappa shape index (κ2) is 4.34. The first-order valence-electron chi connectivity index (χ1n) is 4.84. The van der Waals surface area contributed by atoms with E-state index < -0.39 is 11.5 Å². The van der Waals surface area contributed by atoms with Crippen molar-refractivity contribution in [1.82, 2.24) is 9.97 Å². The third kappa shape index (κ3) is 2.82. The molecular weight excluding hydrogens is 208 g/mol. The standard InChI is InChI=1S/C10H16N4O2/c1-10(2,9(15)16)13-7-5-8(14(3)4)12-6-11-7/h5-6H,1-4H3,(H,15,16)(H,11,12,13). The van der Waals surface area contributed by atoms with Crippen molar-refractivity contribution in [3.63, 3.8) is 0 Å². The number of anilines is 2. The van der Waals surface area contributed by atoms with Crippen molar-refractivity contribution in [3.05, 3.63) is 12.4 Å². The molecule has 0 aliphatic rings. The molecule has 0 aromatic carbocycles. The average Bonchev–Trinajstić information content (AvgIpc) is 2.17. The molecule has 0 saturated heterocycles. The molecular formula is C10H16N4O2. The van der Waals surface area contributed by atoms with E-state index in [0.29, 0.717) is 5.82 Å². The summed E-state index contributed by atoms with van der Waals surface area (Å²) in [5.74, 6) is 0.280. The van der Waals surface area contributed by atoms with Crippen molar-refractivity contribution in [3.8, 4) is 0 Å². The summed E-state index contributed by atoms with van der Waals surface area (Å²) < 4.78 is 0. The molecule has 0 aliphatic carbocycles. The van der Waals surface area contributed by atoms with Crippen LogP contribution in [0.5, 0.6) is 0 Å². The SMILES string of the molecule is CN(C)c1cc(NC(C)(C)C(=O)O)ncn1. The van der Waals surface area contributed by atoms with E-state index in [2.05, 4.69) is 15.3 Å². The Morgan fingerprint density at radius 3 is 2.56 bits per heavy atom. The molecule has 1 aromatic heterocycles. The molecule has 6 nitrogen and oxygen atoms in total. The van der Waals surface area contributed by atoms with Gasteiger partial charge in [-0.05, 0) is 13.8 Å². The lowest BCUT2D eigenvalue weighted by atomic mass is 10.1. The summed E-state index contributed by atoms with van der Waals surface area (Å²) in [6.07, 6.45) is 1.40. The second-order valence-corrected chi connectivity index (χ2v) is 4.21. The maximum Gasteiger partial charge on any atom is 0.328 e. The van der Waals surface area contributed by atoms with Gasteiger partial charge in [-0.15, -0.1) is 0 Å². The van der Waals surface area contributed by atoms with Gasteiger partial charge < -0.3 is 15.3 Å². The van der Waals surface area contributed by atoms with Crippen LogP contribution in [0.15, 0.2) is 12.4 Å². The lowest BCUT2D eigenvalue weighted by molar-refractivity contribution is -0.141. The predicted octanol–water partition coefficient (Wildman–Crippen LogP) is 0.818. The molecule has 1 rings (SSSR count). The minimum atomic E-state index is -1.06. The number of hydrogen-bond acceptors (Lipinski definition) is 5. The van der Waals surface area contributed by atoms with Crippen molar-refractivity contribution >= 4 is 17.6 Å². The fraction of sp³-hybridized carbons (Fsp3) is 0.500. The van der Waals surface area contributed by atoms with Gasteiger partial charge >= 0.3 is 5.97 Å². The summed E-state index contributed by atoms with van der Waals surface area (Å²) in [7, 11) is 3.71. The summed E-state index contributed by atoms with van der Waals surface area (Å²) in [5.41, 5.74) is -1.06. The number of rotatable bonds is 4. The topological polar surface area (TPSA) is 78.4 Å². The van der Waals surface area contributed by atoms with Crippen LogP contribution in [0.25, 0.3) is 0 Å². The van der Waals surface area contributed by atoms with E-state index in [1.54, 1.807) is 19.9 Å². The third-order valence-corrected chi connectivity index (χ3v) is 2.09. The zero-order valence-electron chi connectivity index (χ0n) is 9.85. The molecule has 0 atom stereocenters. The van der Waals surface area contributed by atoms with Gasteiger partial charge in [-0.3, -0.25) is 0 Å². The van der Waals surface area contributed by atoms with Gasteiger partial charge in [0.1, 0.15) is 23.5 Å². The Bertz CT molecular complexity index is 390. The Kier molecular flexibility index (Phi) is 3.31. The number of carbonyl (C=O) groups is 1. The number of nitrogens with zero attached hydrogens (tertiary/aromatic N) is 3. The zero-order valence-corrected chi connectivity index (χ0v) is 9.85. The van der Waals surface area contributed by atoms with Crippen LogP contribution in [-0.4, -0.2) is 40.7 Å². The number of nitrogens with one attached hydrogen (secondary N) is 1. The van der Waals surface area contributed by atoms with E-state index in [4.69, 9.17) is 5.11 Å². The molecule has 16 heavy (non-hydrogen) atoms. The van der Waals surface area contributed by atoms with Crippen LogP contribution in [-0.2, 0) is 4.79 Å². The summed E-state index contributed by atoms with van der Waals surface area (Å²) in [5, 5.41) is 11.8. The zero-order chi connectivity index (χ0) is 12.3. The Hall–Kier alpha value is -1.85. The molecule has 1 heterocycles. The molecule has 0 fully saturated rings. The Labute approximate surface area is 94.3 Å². The molecule has 0 amide bonds. The van der Waals surface area contributed by atoms with E-state index in [0.717, 1.165) is 5.82 Å². The number of aliphatic carboxylic acids is 1. The Balaban J connectivity index is 2.90. The van der Waals surface area contributed by atoms with Gasteiger partial charge in [0.2, 0.25) is 0 Å². The van der Waals surface area contributed by atoms with Crippen LogP contribution >= 0.6 is 0 Å². The van der Waals surface area contributed by atoms with Crippen LogP contribution in [0.3, 0.4) is 0 Å². The van der Waals surface area contributed by atoms with Crippen molar-refractivity contribution < 1.29 is 9.90 Å². The van der Waals surface area contributed by atoms with E-state index in [-0.39, 0.29) is 0 Å². The predicted molar refractivity (Wildman–Crippen MR) is 61.7 cm³/mol. The van der Waals surface area contributed by atoms with Crippen LogP contribution < -0.4 is 10.2 Å². The van der Waals surface area contributed by atoms with Crippen molar-refractivity contribution in [2.75, 3.05) is 24.3 Å². The molecule has 0 unspecified atom stereocenters. The lowest BCUT2D eigenvalue weighted by Crippen LogP contribution is -2.40. The van der Waals surface area contributed by atoms with Crippen molar-refractivity contribution in [1.29, 1.82) is 0 Å². The fourth-order valence-electron chi connectivity index (χ4n) is 1.03.